The highest BCUT2D eigenvalue weighted by atomic mass is 16.7. The van der Waals surface area contributed by atoms with Crippen molar-refractivity contribution in [1.82, 2.24) is 0 Å². The van der Waals surface area contributed by atoms with Crippen molar-refractivity contribution in [2.45, 2.75) is 25.7 Å². The number of aliphatic hydroxyl groups excluding tert-OH is 1. The number of methoxy groups -OCH3 is 1. The third-order valence-electron chi connectivity index (χ3n) is 2.11. The fourth-order valence-corrected chi connectivity index (χ4v) is 1.32. The Bertz CT molecular complexity index is 168. The van der Waals surface area contributed by atoms with E-state index in [1.807, 2.05) is 6.92 Å². The maximum absolute atomic E-state index is 11.2. The van der Waals surface area contributed by atoms with Crippen molar-refractivity contribution < 1.29 is 19.4 Å². The van der Waals surface area contributed by atoms with Crippen molar-refractivity contribution in [1.29, 1.82) is 0 Å². The molecule has 0 radical (unpaired) electrons. The molecule has 1 aliphatic rings. The molecule has 1 heterocycles. The van der Waals surface area contributed by atoms with E-state index < -0.39 is 6.29 Å². The minimum Gasteiger partial charge on any atom is -0.394 e. The van der Waals surface area contributed by atoms with E-state index in [0.29, 0.717) is 6.42 Å². The number of rotatable bonds is 2. The van der Waals surface area contributed by atoms with Gasteiger partial charge in [-0.05, 0) is 5.92 Å². The number of carbonyl (C=O) groups excluding carboxylic acids is 1. The molecule has 0 aliphatic carbocycles. The molecule has 0 bridgehead atoms. The zero-order chi connectivity index (χ0) is 9.14. The van der Waals surface area contributed by atoms with E-state index in [0.717, 1.165) is 0 Å². The molecule has 1 fully saturated rings. The lowest BCUT2D eigenvalue weighted by Gasteiger charge is -2.31. The molecule has 4 heteroatoms. The van der Waals surface area contributed by atoms with E-state index in [-0.39, 0.29) is 24.4 Å². The molecule has 1 aliphatic heterocycles. The molecule has 12 heavy (non-hydrogen) atoms. The van der Waals surface area contributed by atoms with Crippen LogP contribution in [0.25, 0.3) is 0 Å². The van der Waals surface area contributed by atoms with Crippen LogP contribution in [0.2, 0.25) is 0 Å². The molecule has 3 atom stereocenters. The van der Waals surface area contributed by atoms with Crippen LogP contribution in [0.5, 0.6) is 0 Å². The number of hydrogen-bond donors (Lipinski definition) is 1. The zero-order valence-electron chi connectivity index (χ0n) is 7.32. The minimum atomic E-state index is -0.779. The summed E-state index contributed by atoms with van der Waals surface area (Å²) in [6.45, 7) is 1.82. The highest BCUT2D eigenvalue weighted by molar-refractivity contribution is 5.82. The molecule has 70 valence electrons. The van der Waals surface area contributed by atoms with E-state index in [2.05, 4.69) is 0 Å². The zero-order valence-corrected chi connectivity index (χ0v) is 7.32. The van der Waals surface area contributed by atoms with Crippen molar-refractivity contribution in [3.05, 3.63) is 0 Å². The largest absolute Gasteiger partial charge is 0.394 e. The van der Waals surface area contributed by atoms with Gasteiger partial charge >= 0.3 is 0 Å². The van der Waals surface area contributed by atoms with E-state index in [9.17, 15) is 4.79 Å². The van der Waals surface area contributed by atoms with Crippen LogP contribution in [0.1, 0.15) is 13.3 Å². The Balaban J connectivity index is 2.56. The number of hydrogen-bond acceptors (Lipinski definition) is 4. The molecule has 4 nitrogen and oxygen atoms in total. The third-order valence-corrected chi connectivity index (χ3v) is 2.11. The average Bonchev–Trinajstić information content (AvgIpc) is 2.05. The predicted octanol–water partition coefficient (Wildman–Crippen LogP) is -0.0547. The molecule has 1 rings (SSSR count). The van der Waals surface area contributed by atoms with Crippen LogP contribution in [0.15, 0.2) is 0 Å². The second-order valence-electron chi connectivity index (χ2n) is 3.07. The van der Waals surface area contributed by atoms with Gasteiger partial charge in [-0.2, -0.15) is 0 Å². The van der Waals surface area contributed by atoms with Crippen LogP contribution in [0, 0.1) is 5.92 Å². The molecule has 3 unspecified atom stereocenters. The standard InChI is InChI=1S/C8H14O4/c1-5-3-6(10)8(11-2)12-7(5)4-9/h5,7-9H,3-4H2,1-2H3. The summed E-state index contributed by atoms with van der Waals surface area (Å²) in [5, 5.41) is 8.87. The Kier molecular flexibility index (Phi) is 3.20. The monoisotopic (exact) mass is 174 g/mol. The van der Waals surface area contributed by atoms with Crippen LogP contribution in [0.4, 0.5) is 0 Å². The van der Waals surface area contributed by atoms with Gasteiger partial charge in [0.05, 0.1) is 12.7 Å². The Hall–Kier alpha value is -0.450. The summed E-state index contributed by atoms with van der Waals surface area (Å²) < 4.78 is 9.99. The number of aliphatic hydroxyl groups is 1. The fourth-order valence-electron chi connectivity index (χ4n) is 1.32. The third kappa shape index (κ3) is 1.83. The van der Waals surface area contributed by atoms with Gasteiger partial charge in [0, 0.05) is 13.5 Å². The summed E-state index contributed by atoms with van der Waals surface area (Å²) in [7, 11) is 1.42. The Morgan fingerprint density at radius 1 is 1.75 bits per heavy atom. The van der Waals surface area contributed by atoms with Gasteiger partial charge in [0.1, 0.15) is 0 Å². The number of ketones is 1. The van der Waals surface area contributed by atoms with Crippen LogP contribution in [-0.2, 0) is 14.3 Å². The lowest BCUT2D eigenvalue weighted by Crippen LogP contribution is -2.43. The highest BCUT2D eigenvalue weighted by Crippen LogP contribution is 2.21. The fraction of sp³-hybridized carbons (Fsp3) is 0.875. The van der Waals surface area contributed by atoms with Crippen molar-refractivity contribution in [2.24, 2.45) is 5.92 Å². The first kappa shape index (κ1) is 9.64. The summed E-state index contributed by atoms with van der Waals surface area (Å²) in [4.78, 5) is 11.2. The Labute approximate surface area is 71.5 Å². The first-order chi connectivity index (χ1) is 5.69. The van der Waals surface area contributed by atoms with Gasteiger partial charge in [0.15, 0.2) is 5.78 Å². The summed E-state index contributed by atoms with van der Waals surface area (Å²) in [6.07, 6.45) is -0.630. The number of carbonyl (C=O) groups is 1. The minimum absolute atomic E-state index is 0.0466. The molecule has 0 aromatic heterocycles. The van der Waals surface area contributed by atoms with Crippen LogP contribution in [-0.4, -0.2) is 37.0 Å². The summed E-state index contributed by atoms with van der Waals surface area (Å²) >= 11 is 0. The lowest BCUT2D eigenvalue weighted by molar-refractivity contribution is -0.202. The topological polar surface area (TPSA) is 55.8 Å². The van der Waals surface area contributed by atoms with Crippen LogP contribution >= 0.6 is 0 Å². The summed E-state index contributed by atoms with van der Waals surface area (Å²) in [6, 6.07) is 0. The van der Waals surface area contributed by atoms with E-state index in [4.69, 9.17) is 14.6 Å². The lowest BCUT2D eigenvalue weighted by atomic mass is 9.95. The molecule has 0 saturated carbocycles. The van der Waals surface area contributed by atoms with Crippen LogP contribution in [0.3, 0.4) is 0 Å². The maximum atomic E-state index is 11.2. The molecule has 1 saturated heterocycles. The first-order valence-electron chi connectivity index (χ1n) is 4.01. The smallest absolute Gasteiger partial charge is 0.217 e. The summed E-state index contributed by atoms with van der Waals surface area (Å²) in [5.41, 5.74) is 0. The van der Waals surface area contributed by atoms with Gasteiger partial charge in [-0.1, -0.05) is 6.92 Å². The Morgan fingerprint density at radius 3 is 2.92 bits per heavy atom. The van der Waals surface area contributed by atoms with E-state index in [1.165, 1.54) is 7.11 Å². The van der Waals surface area contributed by atoms with Crippen molar-refractivity contribution >= 4 is 5.78 Å². The quantitative estimate of drug-likeness (QED) is 0.637. The van der Waals surface area contributed by atoms with Gasteiger partial charge in [-0.3, -0.25) is 4.79 Å². The Morgan fingerprint density at radius 2 is 2.42 bits per heavy atom. The van der Waals surface area contributed by atoms with Gasteiger partial charge in [0.2, 0.25) is 6.29 Å². The molecule has 0 aromatic carbocycles. The highest BCUT2D eigenvalue weighted by Gasteiger charge is 2.33. The van der Waals surface area contributed by atoms with Gasteiger partial charge in [0.25, 0.3) is 0 Å². The van der Waals surface area contributed by atoms with Crippen LogP contribution < -0.4 is 0 Å². The molecule has 0 aromatic rings. The van der Waals surface area contributed by atoms with E-state index >= 15 is 0 Å². The van der Waals surface area contributed by atoms with Crippen molar-refractivity contribution in [3.63, 3.8) is 0 Å². The maximum Gasteiger partial charge on any atom is 0.217 e. The van der Waals surface area contributed by atoms with Gasteiger partial charge < -0.3 is 14.6 Å². The SMILES string of the molecule is COC1OC(CO)C(C)CC1=O. The van der Waals surface area contributed by atoms with E-state index in [1.54, 1.807) is 0 Å². The average molecular weight is 174 g/mol. The molecule has 1 N–H and O–H groups in total. The first-order valence-corrected chi connectivity index (χ1v) is 4.01. The van der Waals surface area contributed by atoms with Crippen molar-refractivity contribution in [3.8, 4) is 0 Å². The van der Waals surface area contributed by atoms with Gasteiger partial charge in [-0.15, -0.1) is 0 Å². The second kappa shape index (κ2) is 3.98. The molecular weight excluding hydrogens is 160 g/mol. The molecule has 0 amide bonds. The summed E-state index contributed by atoms with van der Waals surface area (Å²) in [5.74, 6) is 0.0311. The van der Waals surface area contributed by atoms with Gasteiger partial charge in [-0.25, -0.2) is 0 Å². The normalized spacial score (nSPS) is 36.9. The molecular formula is C8H14O4. The van der Waals surface area contributed by atoms with Crippen molar-refractivity contribution in [2.75, 3.05) is 13.7 Å². The molecule has 0 spiro atoms. The number of ether oxygens (including phenoxy) is 2. The number of Topliss-reactive ketones (excluding diaryl/α,β-unsaturated/α-hetero) is 1. The predicted molar refractivity (Wildman–Crippen MR) is 41.5 cm³/mol. The second-order valence-corrected chi connectivity index (χ2v) is 3.07.